The van der Waals surface area contributed by atoms with Crippen LogP contribution in [0, 0.1) is 0 Å². The number of ether oxygens (including phenoxy) is 2. The van der Waals surface area contributed by atoms with Crippen molar-refractivity contribution < 1.29 is 19.1 Å². The summed E-state index contributed by atoms with van der Waals surface area (Å²) in [4.78, 5) is 24.0. The zero-order valence-corrected chi connectivity index (χ0v) is 14.0. The van der Waals surface area contributed by atoms with E-state index in [2.05, 4.69) is 10.6 Å². The molecule has 0 saturated carbocycles. The van der Waals surface area contributed by atoms with E-state index in [9.17, 15) is 9.59 Å². The van der Waals surface area contributed by atoms with Gasteiger partial charge in [-0.3, -0.25) is 9.59 Å². The zero-order valence-electron chi connectivity index (χ0n) is 13.3. The number of carbonyl (C=O) groups is 2. The van der Waals surface area contributed by atoms with Crippen LogP contribution < -0.4 is 20.1 Å². The molecule has 6 nitrogen and oxygen atoms in total. The van der Waals surface area contributed by atoms with Gasteiger partial charge in [0.2, 0.25) is 0 Å². The first-order valence-corrected chi connectivity index (χ1v) is 7.47. The summed E-state index contributed by atoms with van der Waals surface area (Å²) in [7, 11) is 2.97. The maximum atomic E-state index is 12.0. The van der Waals surface area contributed by atoms with Crippen molar-refractivity contribution in [2.75, 3.05) is 19.5 Å². The minimum atomic E-state index is -0.802. The van der Waals surface area contributed by atoms with E-state index in [-0.39, 0.29) is 6.54 Å². The maximum absolute atomic E-state index is 12.0. The van der Waals surface area contributed by atoms with Crippen molar-refractivity contribution in [1.82, 2.24) is 5.32 Å². The molecular weight excluding hydrogens is 332 g/mol. The second kappa shape index (κ2) is 8.21. The van der Waals surface area contributed by atoms with Crippen LogP contribution in [0.4, 0.5) is 5.69 Å². The molecule has 0 aliphatic carbocycles. The summed E-state index contributed by atoms with van der Waals surface area (Å²) < 4.78 is 10.2. The average molecular weight is 349 g/mol. The molecule has 0 heterocycles. The third-order valence-electron chi connectivity index (χ3n) is 3.20. The van der Waals surface area contributed by atoms with Crippen LogP contribution in [0.15, 0.2) is 42.5 Å². The van der Waals surface area contributed by atoms with E-state index in [0.29, 0.717) is 22.2 Å². The van der Waals surface area contributed by atoms with Crippen LogP contribution in [-0.2, 0) is 16.1 Å². The van der Waals surface area contributed by atoms with Crippen molar-refractivity contribution in [3.63, 3.8) is 0 Å². The highest BCUT2D eigenvalue weighted by Crippen LogP contribution is 2.28. The van der Waals surface area contributed by atoms with Crippen molar-refractivity contribution in [1.29, 1.82) is 0 Å². The molecule has 0 aliphatic heterocycles. The Kier molecular flexibility index (Phi) is 6.03. The molecule has 0 bridgehead atoms. The number of carbonyl (C=O) groups excluding carboxylic acids is 2. The Morgan fingerprint density at radius 3 is 2.50 bits per heavy atom. The highest BCUT2D eigenvalue weighted by molar-refractivity contribution is 6.39. The Morgan fingerprint density at radius 2 is 1.83 bits per heavy atom. The Balaban J connectivity index is 2.00. The summed E-state index contributed by atoms with van der Waals surface area (Å²) in [6.45, 7) is 0.196. The van der Waals surface area contributed by atoms with Crippen LogP contribution in [0.25, 0.3) is 0 Å². The molecule has 0 unspecified atom stereocenters. The van der Waals surface area contributed by atoms with Crippen molar-refractivity contribution in [3.05, 3.63) is 53.1 Å². The fourth-order valence-electron chi connectivity index (χ4n) is 2.00. The van der Waals surface area contributed by atoms with E-state index in [4.69, 9.17) is 21.1 Å². The highest BCUT2D eigenvalue weighted by atomic mass is 35.5. The molecule has 0 radical (unpaired) electrons. The largest absolute Gasteiger partial charge is 0.497 e. The lowest BCUT2D eigenvalue weighted by Gasteiger charge is -2.11. The van der Waals surface area contributed by atoms with E-state index in [1.807, 2.05) is 0 Å². The van der Waals surface area contributed by atoms with Gasteiger partial charge in [-0.15, -0.1) is 0 Å². The van der Waals surface area contributed by atoms with Crippen molar-refractivity contribution in [2.45, 2.75) is 6.54 Å². The van der Waals surface area contributed by atoms with Crippen molar-refractivity contribution in [3.8, 4) is 11.5 Å². The summed E-state index contributed by atoms with van der Waals surface area (Å²) in [6, 6.07) is 11.9. The highest BCUT2D eigenvalue weighted by Gasteiger charge is 2.16. The predicted molar refractivity (Wildman–Crippen MR) is 91.5 cm³/mol. The molecule has 0 spiro atoms. The van der Waals surface area contributed by atoms with Gasteiger partial charge in [0.05, 0.1) is 19.9 Å². The van der Waals surface area contributed by atoms with Crippen molar-refractivity contribution >= 4 is 29.1 Å². The van der Waals surface area contributed by atoms with E-state index in [1.54, 1.807) is 42.5 Å². The molecule has 0 aromatic heterocycles. The Labute approximate surface area is 144 Å². The molecule has 0 fully saturated rings. The third-order valence-corrected chi connectivity index (χ3v) is 3.44. The topological polar surface area (TPSA) is 76.7 Å². The average Bonchev–Trinajstić information content (AvgIpc) is 2.59. The number of nitrogens with one attached hydrogen (secondary N) is 2. The van der Waals surface area contributed by atoms with E-state index < -0.39 is 11.8 Å². The Morgan fingerprint density at radius 1 is 1.04 bits per heavy atom. The van der Waals surface area contributed by atoms with Crippen LogP contribution in [0.1, 0.15) is 5.56 Å². The van der Waals surface area contributed by atoms with Gasteiger partial charge in [-0.25, -0.2) is 0 Å². The molecule has 2 N–H and O–H groups in total. The molecule has 0 saturated heterocycles. The standard InChI is InChI=1S/C17H17ClN2O4/c1-23-13-6-7-15(24-2)14(9-13)20-17(22)16(21)19-10-11-4-3-5-12(18)8-11/h3-9H,10H2,1-2H3,(H,19,21)(H,20,22). The van der Waals surface area contributed by atoms with Crippen LogP contribution in [0.5, 0.6) is 11.5 Å². The van der Waals surface area contributed by atoms with Crippen LogP contribution >= 0.6 is 11.6 Å². The number of halogens is 1. The van der Waals surface area contributed by atoms with Gasteiger partial charge in [-0.05, 0) is 29.8 Å². The first-order chi connectivity index (χ1) is 11.5. The molecule has 2 amide bonds. The summed E-state index contributed by atoms with van der Waals surface area (Å²) in [5.41, 5.74) is 1.14. The number of anilines is 1. The monoisotopic (exact) mass is 348 g/mol. The second-order valence-corrected chi connectivity index (χ2v) is 5.27. The second-order valence-electron chi connectivity index (χ2n) is 4.83. The fourth-order valence-corrected chi connectivity index (χ4v) is 2.21. The lowest BCUT2D eigenvalue weighted by molar-refractivity contribution is -0.136. The minimum Gasteiger partial charge on any atom is -0.497 e. The molecule has 0 atom stereocenters. The molecule has 2 aromatic carbocycles. The lowest BCUT2D eigenvalue weighted by atomic mass is 10.2. The van der Waals surface area contributed by atoms with Gasteiger partial charge in [-0.2, -0.15) is 0 Å². The third kappa shape index (κ3) is 4.63. The molecule has 126 valence electrons. The van der Waals surface area contributed by atoms with Crippen LogP contribution in [0.3, 0.4) is 0 Å². The number of hydrogen-bond acceptors (Lipinski definition) is 4. The van der Waals surface area contributed by atoms with Gasteiger partial charge in [0.15, 0.2) is 0 Å². The Bertz CT molecular complexity index is 749. The summed E-state index contributed by atoms with van der Waals surface area (Å²) in [5.74, 6) is -0.611. The fraction of sp³-hybridized carbons (Fsp3) is 0.176. The van der Waals surface area contributed by atoms with Gasteiger partial charge < -0.3 is 20.1 Å². The molecule has 2 rings (SSSR count). The lowest BCUT2D eigenvalue weighted by Crippen LogP contribution is -2.35. The number of benzene rings is 2. The van der Waals surface area contributed by atoms with Crippen molar-refractivity contribution in [2.24, 2.45) is 0 Å². The van der Waals surface area contributed by atoms with E-state index in [0.717, 1.165) is 5.56 Å². The van der Waals surface area contributed by atoms with Gasteiger partial charge in [-0.1, -0.05) is 23.7 Å². The van der Waals surface area contributed by atoms with E-state index >= 15 is 0 Å². The summed E-state index contributed by atoms with van der Waals surface area (Å²) in [6.07, 6.45) is 0. The van der Waals surface area contributed by atoms with Crippen LogP contribution in [-0.4, -0.2) is 26.0 Å². The van der Waals surface area contributed by atoms with Gasteiger partial charge >= 0.3 is 11.8 Å². The smallest absolute Gasteiger partial charge is 0.313 e. The minimum absolute atomic E-state index is 0.196. The summed E-state index contributed by atoms with van der Waals surface area (Å²) >= 11 is 5.87. The predicted octanol–water partition coefficient (Wildman–Crippen LogP) is 2.61. The number of hydrogen-bond donors (Lipinski definition) is 2. The van der Waals surface area contributed by atoms with Gasteiger partial charge in [0.25, 0.3) is 0 Å². The zero-order chi connectivity index (χ0) is 17.5. The normalized spacial score (nSPS) is 9.96. The van der Waals surface area contributed by atoms with Crippen LogP contribution in [0.2, 0.25) is 5.02 Å². The summed E-state index contributed by atoms with van der Waals surface area (Å²) in [5, 5.41) is 5.59. The molecule has 0 aliphatic rings. The van der Waals surface area contributed by atoms with E-state index in [1.165, 1.54) is 14.2 Å². The maximum Gasteiger partial charge on any atom is 0.313 e. The Hall–Kier alpha value is -2.73. The number of rotatable bonds is 5. The van der Waals surface area contributed by atoms with Gasteiger partial charge in [0, 0.05) is 17.6 Å². The molecule has 24 heavy (non-hydrogen) atoms. The number of amides is 2. The quantitative estimate of drug-likeness (QED) is 0.814. The van der Waals surface area contributed by atoms with Gasteiger partial charge in [0.1, 0.15) is 11.5 Å². The first-order valence-electron chi connectivity index (χ1n) is 7.09. The first kappa shape index (κ1) is 17.6. The molecule has 2 aromatic rings. The molecule has 7 heteroatoms. The molecular formula is C17H17ClN2O4. The number of methoxy groups -OCH3 is 2. The SMILES string of the molecule is COc1ccc(OC)c(NC(=O)C(=O)NCc2cccc(Cl)c2)c1.